The zero-order chi connectivity index (χ0) is 17.6. The van der Waals surface area contributed by atoms with Crippen LogP contribution in [0.25, 0.3) is 0 Å². The van der Waals surface area contributed by atoms with Crippen LogP contribution < -0.4 is 5.32 Å². The molecule has 0 spiro atoms. The number of thiocarbonyl (C=S) groups is 1. The highest BCUT2D eigenvalue weighted by atomic mass is 79.9. The number of aryl methyl sites for hydroxylation is 1. The number of hydrogen-bond donors (Lipinski definition) is 1. The molecule has 1 amide bonds. The molecule has 1 aliphatic heterocycles. The summed E-state index contributed by atoms with van der Waals surface area (Å²) in [6, 6.07) is 1.53. The zero-order valence-corrected chi connectivity index (χ0v) is 16.7. The van der Waals surface area contributed by atoms with Gasteiger partial charge in [-0.3, -0.25) is 9.48 Å². The number of anilines is 1. The second-order valence-corrected chi connectivity index (χ2v) is 7.95. The van der Waals surface area contributed by atoms with Crippen LogP contribution in [0.3, 0.4) is 0 Å². The summed E-state index contributed by atoms with van der Waals surface area (Å²) in [6.45, 7) is 0.537. The molecular weight excluding hydrogens is 439 g/mol. The van der Waals surface area contributed by atoms with E-state index in [1.807, 2.05) is 11.9 Å². The van der Waals surface area contributed by atoms with Crippen molar-refractivity contribution in [2.24, 2.45) is 13.0 Å². The summed E-state index contributed by atoms with van der Waals surface area (Å²) in [5, 5.41) is 8.63. The highest BCUT2D eigenvalue weighted by Gasteiger charge is 2.44. The zero-order valence-electron chi connectivity index (χ0n) is 12.7. The molecule has 0 aliphatic carbocycles. The Bertz CT molecular complexity index is 824. The monoisotopic (exact) mass is 450 g/mol. The SMILES string of the molecule is CN1C[C@H](c2nn(C)c(Cl)c2Br)[C@@H](C(=O)Nc2ccsc2F)C1=S. The lowest BCUT2D eigenvalue weighted by Crippen LogP contribution is -2.31. The van der Waals surface area contributed by atoms with E-state index in [0.717, 1.165) is 11.3 Å². The van der Waals surface area contributed by atoms with Gasteiger partial charge in [0.15, 0.2) is 5.13 Å². The molecule has 1 N–H and O–H groups in total. The number of nitrogens with zero attached hydrogens (tertiary/aromatic N) is 3. The Hall–Kier alpha value is -1.03. The minimum atomic E-state index is -0.619. The van der Waals surface area contributed by atoms with Gasteiger partial charge in [0.1, 0.15) is 5.15 Å². The van der Waals surface area contributed by atoms with Crippen LogP contribution in [-0.4, -0.2) is 39.2 Å². The molecule has 0 aromatic carbocycles. The van der Waals surface area contributed by atoms with Crippen molar-refractivity contribution in [2.75, 3.05) is 18.9 Å². The molecule has 1 saturated heterocycles. The number of likely N-dealkylation sites (tertiary alicyclic amines) is 1. The Morgan fingerprint density at radius 2 is 2.29 bits per heavy atom. The van der Waals surface area contributed by atoms with Gasteiger partial charge >= 0.3 is 0 Å². The quantitative estimate of drug-likeness (QED) is 0.724. The Labute approximate surface area is 160 Å². The summed E-state index contributed by atoms with van der Waals surface area (Å²) in [5.74, 6) is -1.23. The average molecular weight is 452 g/mol. The van der Waals surface area contributed by atoms with Crippen molar-refractivity contribution >= 4 is 67.7 Å². The van der Waals surface area contributed by atoms with E-state index in [2.05, 4.69) is 26.3 Å². The average Bonchev–Trinajstić information content (AvgIpc) is 3.14. The largest absolute Gasteiger partial charge is 0.368 e. The summed E-state index contributed by atoms with van der Waals surface area (Å²) in [4.78, 5) is 15.1. The lowest BCUT2D eigenvalue weighted by molar-refractivity contribution is -0.118. The van der Waals surface area contributed by atoms with Gasteiger partial charge in [0.2, 0.25) is 5.91 Å². The fourth-order valence-corrected chi connectivity index (χ4v) is 4.45. The molecule has 0 unspecified atom stereocenters. The van der Waals surface area contributed by atoms with Gasteiger partial charge < -0.3 is 10.2 Å². The van der Waals surface area contributed by atoms with Gasteiger partial charge in [-0.1, -0.05) is 23.8 Å². The fourth-order valence-electron chi connectivity index (χ4n) is 2.77. The Morgan fingerprint density at radius 3 is 2.83 bits per heavy atom. The van der Waals surface area contributed by atoms with Crippen molar-refractivity contribution in [3.63, 3.8) is 0 Å². The van der Waals surface area contributed by atoms with Crippen molar-refractivity contribution in [3.8, 4) is 0 Å². The van der Waals surface area contributed by atoms with Crippen LogP contribution in [0, 0.1) is 11.0 Å². The smallest absolute Gasteiger partial charge is 0.235 e. The maximum atomic E-state index is 13.6. The standard InChI is InChI=1S/C14H13BrClFN4OS2/c1-20-5-6(10-9(15)11(16)21(2)19-10)8(14(20)23)13(22)18-7-3-4-24-12(7)17/h3-4,6,8H,5H2,1-2H3,(H,18,22)/t6-,8-/m0/s1. The maximum absolute atomic E-state index is 13.6. The highest BCUT2D eigenvalue weighted by molar-refractivity contribution is 9.10. The lowest BCUT2D eigenvalue weighted by Gasteiger charge is -2.16. The third-order valence-corrected chi connectivity index (χ3v) is 6.68. The third-order valence-electron chi connectivity index (χ3n) is 3.97. The summed E-state index contributed by atoms with van der Waals surface area (Å²) in [7, 11) is 3.55. The van der Waals surface area contributed by atoms with E-state index in [4.69, 9.17) is 23.8 Å². The number of nitrogens with one attached hydrogen (secondary N) is 1. The van der Waals surface area contributed by atoms with Crippen molar-refractivity contribution in [1.82, 2.24) is 14.7 Å². The number of hydrogen-bond acceptors (Lipinski definition) is 4. The predicted molar refractivity (Wildman–Crippen MR) is 100 cm³/mol. The summed E-state index contributed by atoms with van der Waals surface area (Å²) >= 11 is 16.0. The van der Waals surface area contributed by atoms with Crippen LogP contribution in [0.5, 0.6) is 0 Å². The number of aromatic nitrogens is 2. The third kappa shape index (κ3) is 2.98. The van der Waals surface area contributed by atoms with Crippen molar-refractivity contribution in [2.45, 2.75) is 5.92 Å². The Kier molecular flexibility index (Phi) is 4.96. The molecule has 3 heterocycles. The van der Waals surface area contributed by atoms with E-state index >= 15 is 0 Å². The van der Waals surface area contributed by atoms with Gasteiger partial charge in [0.25, 0.3) is 0 Å². The normalized spacial score (nSPS) is 20.7. The van der Waals surface area contributed by atoms with E-state index in [9.17, 15) is 9.18 Å². The lowest BCUT2D eigenvalue weighted by atomic mass is 9.92. The first-order valence-corrected chi connectivity index (χ1v) is 9.43. The molecule has 0 radical (unpaired) electrons. The maximum Gasteiger partial charge on any atom is 0.235 e. The van der Waals surface area contributed by atoms with Gasteiger partial charge in [0.05, 0.1) is 26.8 Å². The first-order chi connectivity index (χ1) is 11.3. The highest BCUT2D eigenvalue weighted by Crippen LogP contribution is 2.40. The summed E-state index contributed by atoms with van der Waals surface area (Å²) in [5.41, 5.74) is 0.833. The number of rotatable bonds is 3. The van der Waals surface area contributed by atoms with Crippen LogP contribution >= 0.6 is 51.1 Å². The van der Waals surface area contributed by atoms with Crippen LogP contribution in [0.2, 0.25) is 5.15 Å². The number of thiophene rings is 1. The van der Waals surface area contributed by atoms with E-state index < -0.39 is 11.0 Å². The number of carbonyl (C=O) groups is 1. The van der Waals surface area contributed by atoms with Gasteiger partial charge in [-0.25, -0.2) is 0 Å². The Balaban J connectivity index is 1.93. The molecule has 5 nitrogen and oxygen atoms in total. The molecule has 10 heteroatoms. The minimum absolute atomic E-state index is 0.166. The Morgan fingerprint density at radius 1 is 1.58 bits per heavy atom. The molecule has 2 aromatic rings. The van der Waals surface area contributed by atoms with Crippen molar-refractivity contribution in [1.29, 1.82) is 0 Å². The molecular formula is C14H13BrClFN4OS2. The number of halogens is 3. The fraction of sp³-hybridized carbons (Fsp3) is 0.357. The van der Waals surface area contributed by atoms with Crippen LogP contribution in [0.15, 0.2) is 15.9 Å². The topological polar surface area (TPSA) is 50.2 Å². The summed E-state index contributed by atoms with van der Waals surface area (Å²) < 4.78 is 15.8. The van der Waals surface area contributed by atoms with E-state index in [1.165, 1.54) is 10.7 Å². The van der Waals surface area contributed by atoms with Gasteiger partial charge in [-0.15, -0.1) is 11.3 Å². The van der Waals surface area contributed by atoms with Crippen molar-refractivity contribution < 1.29 is 9.18 Å². The molecule has 2 atom stereocenters. The molecule has 0 saturated carbocycles. The van der Waals surface area contributed by atoms with E-state index in [1.54, 1.807) is 12.4 Å². The second kappa shape index (κ2) is 6.70. The molecule has 24 heavy (non-hydrogen) atoms. The molecule has 1 fully saturated rings. The van der Waals surface area contributed by atoms with E-state index in [-0.39, 0.29) is 17.5 Å². The molecule has 128 valence electrons. The van der Waals surface area contributed by atoms with E-state index in [0.29, 0.717) is 26.9 Å². The first kappa shape index (κ1) is 17.8. The second-order valence-electron chi connectivity index (χ2n) is 5.51. The molecule has 2 aromatic heterocycles. The van der Waals surface area contributed by atoms with Crippen LogP contribution in [0.1, 0.15) is 11.6 Å². The molecule has 3 rings (SSSR count). The van der Waals surface area contributed by atoms with Gasteiger partial charge in [0, 0.05) is 26.6 Å². The number of carbonyl (C=O) groups excluding carboxylic acids is 1. The van der Waals surface area contributed by atoms with Gasteiger partial charge in [-0.2, -0.15) is 9.49 Å². The van der Waals surface area contributed by atoms with Crippen molar-refractivity contribution in [3.05, 3.63) is 31.9 Å². The minimum Gasteiger partial charge on any atom is -0.368 e. The number of amides is 1. The summed E-state index contributed by atoms with van der Waals surface area (Å²) in [6.07, 6.45) is 0. The molecule has 0 bridgehead atoms. The van der Waals surface area contributed by atoms with Gasteiger partial charge in [-0.05, 0) is 27.4 Å². The molecule has 1 aliphatic rings. The number of likely N-dealkylation sites (N-methyl/N-ethyl adjacent to an activating group) is 1. The van der Waals surface area contributed by atoms with Crippen LogP contribution in [0.4, 0.5) is 10.1 Å². The first-order valence-electron chi connectivity index (χ1n) is 6.98. The van der Waals surface area contributed by atoms with Crippen LogP contribution in [-0.2, 0) is 11.8 Å². The predicted octanol–water partition coefficient (Wildman–Crippen LogP) is 3.65.